The number of rotatable bonds is 12. The van der Waals surface area contributed by atoms with Crippen LogP contribution in [0, 0.1) is 0 Å². The quantitative estimate of drug-likeness (QED) is 0.177. The summed E-state index contributed by atoms with van der Waals surface area (Å²) in [6, 6.07) is 0. The zero-order valence-electron chi connectivity index (χ0n) is 21.0. The molecule has 0 saturated heterocycles. The van der Waals surface area contributed by atoms with Crippen molar-refractivity contribution in [1.82, 2.24) is 0 Å². The maximum atomic E-state index is 13.3. The van der Waals surface area contributed by atoms with Gasteiger partial charge in [0.25, 0.3) is 5.22 Å². The second-order valence-electron chi connectivity index (χ2n) is 10.7. The minimum absolute atomic E-state index is 0.0173. The SMILES string of the molecule is C=C(C)C(=O)OC(=O)C(O)(C(O)CCC)[Si](O[Si](C)(C)C)(O[Si](C)(C)C)O[Si](C)(C)C. The number of esters is 2. The Labute approximate surface area is 191 Å². The smallest absolute Gasteiger partial charge is 0.415 e. The van der Waals surface area contributed by atoms with Crippen LogP contribution in [-0.4, -0.2) is 67.2 Å². The van der Waals surface area contributed by atoms with Crippen LogP contribution in [0.1, 0.15) is 26.7 Å². The molecule has 0 fully saturated rings. The van der Waals surface area contributed by atoms with Crippen molar-refractivity contribution >= 4 is 45.7 Å². The van der Waals surface area contributed by atoms with E-state index in [1.165, 1.54) is 6.92 Å². The summed E-state index contributed by atoms with van der Waals surface area (Å²) in [5, 5.41) is 20.4. The van der Waals surface area contributed by atoms with Crippen molar-refractivity contribution in [1.29, 1.82) is 0 Å². The first-order valence-corrected chi connectivity index (χ1v) is 22.5. The molecule has 0 radical (unpaired) electrons. The van der Waals surface area contributed by atoms with Crippen molar-refractivity contribution in [3.8, 4) is 0 Å². The highest BCUT2D eigenvalue weighted by atomic mass is 28.5. The molecular formula is C19H42O8Si4. The molecule has 0 aromatic rings. The fourth-order valence-corrected chi connectivity index (χ4v) is 16.7. The summed E-state index contributed by atoms with van der Waals surface area (Å²) in [5.74, 6) is -2.33. The van der Waals surface area contributed by atoms with Gasteiger partial charge in [0.2, 0.25) is 0 Å². The minimum Gasteiger partial charge on any atom is -0.415 e. The van der Waals surface area contributed by atoms with Gasteiger partial charge in [-0.25, -0.2) is 9.59 Å². The minimum atomic E-state index is -4.39. The topological polar surface area (TPSA) is 112 Å². The average molecular weight is 511 g/mol. The number of carbonyl (C=O) groups is 2. The van der Waals surface area contributed by atoms with E-state index in [1.54, 1.807) is 6.92 Å². The van der Waals surface area contributed by atoms with Gasteiger partial charge in [0.15, 0.2) is 25.0 Å². The Kier molecular flexibility index (Phi) is 10.5. The van der Waals surface area contributed by atoms with Crippen molar-refractivity contribution in [2.24, 2.45) is 0 Å². The Bertz CT molecular complexity index is 622. The second-order valence-corrected chi connectivity index (χ2v) is 27.7. The lowest BCUT2D eigenvalue weighted by atomic mass is 10.1. The molecule has 0 rings (SSSR count). The molecule has 2 atom stereocenters. The van der Waals surface area contributed by atoms with Crippen LogP contribution in [0.2, 0.25) is 58.9 Å². The third-order valence-corrected chi connectivity index (χ3v) is 15.7. The fraction of sp³-hybridized carbons (Fsp3) is 0.789. The van der Waals surface area contributed by atoms with Crippen LogP contribution in [0.5, 0.6) is 0 Å². The largest absolute Gasteiger partial charge is 0.518 e. The molecule has 0 heterocycles. The summed E-state index contributed by atoms with van der Waals surface area (Å²) >= 11 is 0. The Morgan fingerprint density at radius 2 is 1.26 bits per heavy atom. The Morgan fingerprint density at radius 3 is 1.52 bits per heavy atom. The molecule has 0 saturated carbocycles. The number of ether oxygens (including phenoxy) is 1. The highest BCUT2D eigenvalue weighted by Crippen LogP contribution is 2.38. The van der Waals surface area contributed by atoms with E-state index in [0.29, 0.717) is 6.42 Å². The van der Waals surface area contributed by atoms with Crippen molar-refractivity contribution in [3.05, 3.63) is 12.2 Å². The summed E-state index contributed by atoms with van der Waals surface area (Å²) in [5.41, 5.74) is -0.0173. The molecule has 0 amide bonds. The zero-order valence-corrected chi connectivity index (χ0v) is 25.0. The molecule has 0 bridgehead atoms. The van der Waals surface area contributed by atoms with Crippen LogP contribution < -0.4 is 0 Å². The van der Waals surface area contributed by atoms with Crippen molar-refractivity contribution in [3.63, 3.8) is 0 Å². The van der Waals surface area contributed by atoms with Crippen LogP contribution in [0.3, 0.4) is 0 Å². The highest BCUT2D eigenvalue weighted by molar-refractivity contribution is 6.92. The van der Waals surface area contributed by atoms with E-state index in [1.807, 2.05) is 58.9 Å². The third-order valence-electron chi connectivity index (χ3n) is 3.68. The molecule has 0 aromatic heterocycles. The summed E-state index contributed by atoms with van der Waals surface area (Å²) < 4.78 is 24.2. The van der Waals surface area contributed by atoms with Crippen LogP contribution in [0.15, 0.2) is 12.2 Å². The van der Waals surface area contributed by atoms with Gasteiger partial charge in [0.1, 0.15) is 0 Å². The molecule has 0 spiro atoms. The van der Waals surface area contributed by atoms with Gasteiger partial charge in [-0.1, -0.05) is 19.9 Å². The van der Waals surface area contributed by atoms with Gasteiger partial charge in [-0.15, -0.1) is 0 Å². The van der Waals surface area contributed by atoms with E-state index in [4.69, 9.17) is 17.1 Å². The number of aliphatic hydroxyl groups is 2. The lowest BCUT2D eigenvalue weighted by Gasteiger charge is -2.49. The lowest BCUT2D eigenvalue weighted by Crippen LogP contribution is -2.79. The lowest BCUT2D eigenvalue weighted by molar-refractivity contribution is -0.177. The predicted molar refractivity (Wildman–Crippen MR) is 131 cm³/mol. The molecule has 31 heavy (non-hydrogen) atoms. The highest BCUT2D eigenvalue weighted by Gasteiger charge is 2.72. The predicted octanol–water partition coefficient (Wildman–Crippen LogP) is 3.56. The maximum Gasteiger partial charge on any atom is 0.518 e. The van der Waals surface area contributed by atoms with Crippen molar-refractivity contribution in [2.45, 2.75) is 96.9 Å². The molecule has 0 aliphatic carbocycles. The van der Waals surface area contributed by atoms with Gasteiger partial charge in [-0.05, 0) is 72.3 Å². The summed E-state index contributed by atoms with van der Waals surface area (Å²) in [6.45, 7) is 23.6. The van der Waals surface area contributed by atoms with E-state index in [9.17, 15) is 19.8 Å². The van der Waals surface area contributed by atoms with Crippen molar-refractivity contribution < 1.29 is 36.9 Å². The van der Waals surface area contributed by atoms with Gasteiger partial charge >= 0.3 is 20.7 Å². The maximum absolute atomic E-state index is 13.3. The first-order chi connectivity index (χ1) is 13.6. The first kappa shape index (κ1) is 30.5. The number of hydrogen-bond acceptors (Lipinski definition) is 8. The summed E-state index contributed by atoms with van der Waals surface area (Å²) in [6.07, 6.45) is -1.10. The van der Waals surface area contributed by atoms with Crippen LogP contribution >= 0.6 is 0 Å². The molecular weight excluding hydrogens is 469 g/mol. The molecule has 182 valence electrons. The molecule has 2 N–H and O–H groups in total. The van der Waals surface area contributed by atoms with Gasteiger partial charge < -0.3 is 27.3 Å². The molecule has 8 nitrogen and oxygen atoms in total. The van der Waals surface area contributed by atoms with E-state index in [2.05, 4.69) is 6.58 Å². The van der Waals surface area contributed by atoms with Crippen molar-refractivity contribution in [2.75, 3.05) is 0 Å². The monoisotopic (exact) mass is 510 g/mol. The van der Waals surface area contributed by atoms with E-state index in [-0.39, 0.29) is 12.0 Å². The van der Waals surface area contributed by atoms with E-state index in [0.717, 1.165) is 0 Å². The standard InChI is InChI=1S/C19H42O8Si4/c1-13-14-16(20)19(23,18(22)24-17(21)15(2)3)31(25-28(4,5)6,26-29(7,8)9)27-30(10,11)12/h16,20,23H,2,13-14H2,1,3-12H3. The van der Waals surface area contributed by atoms with Gasteiger partial charge in [0.05, 0.1) is 6.10 Å². The Hall–Kier alpha value is -0.452. The summed E-state index contributed by atoms with van der Waals surface area (Å²) in [7, 11) is -11.9. The summed E-state index contributed by atoms with van der Waals surface area (Å²) in [4.78, 5) is 25.5. The number of hydrogen-bond donors (Lipinski definition) is 2. The molecule has 0 aliphatic heterocycles. The molecule has 2 unspecified atom stereocenters. The van der Waals surface area contributed by atoms with Crippen LogP contribution in [0.4, 0.5) is 0 Å². The third kappa shape index (κ3) is 9.13. The fourth-order valence-electron chi connectivity index (χ4n) is 2.70. The van der Waals surface area contributed by atoms with E-state index < -0.39 is 57.0 Å². The van der Waals surface area contributed by atoms with Crippen LogP contribution in [0.25, 0.3) is 0 Å². The first-order valence-electron chi connectivity index (χ1n) is 10.5. The van der Waals surface area contributed by atoms with Gasteiger partial charge in [0, 0.05) is 5.57 Å². The second kappa shape index (κ2) is 10.7. The average Bonchev–Trinajstić information content (AvgIpc) is 2.48. The zero-order chi connectivity index (χ0) is 25.1. The Morgan fingerprint density at radius 1 is 0.903 bits per heavy atom. The van der Waals surface area contributed by atoms with Gasteiger partial charge in [-0.3, -0.25) is 0 Å². The normalized spacial score (nSPS) is 16.4. The van der Waals surface area contributed by atoms with E-state index >= 15 is 0 Å². The molecule has 0 aliphatic rings. The number of carbonyl (C=O) groups excluding carboxylic acids is 2. The molecule has 12 heteroatoms. The molecule has 0 aromatic carbocycles. The van der Waals surface area contributed by atoms with Crippen LogP contribution in [-0.2, 0) is 26.7 Å². The van der Waals surface area contributed by atoms with Gasteiger partial charge in [-0.2, -0.15) is 0 Å². The Balaban J connectivity index is 7.09. The number of aliphatic hydroxyl groups excluding tert-OH is 1.